The van der Waals surface area contributed by atoms with Crippen molar-refractivity contribution in [1.29, 1.82) is 0 Å². The van der Waals surface area contributed by atoms with Gasteiger partial charge in [0.1, 0.15) is 0 Å². The minimum absolute atomic E-state index is 0.651. The van der Waals surface area contributed by atoms with Gasteiger partial charge >= 0.3 is 0 Å². The summed E-state index contributed by atoms with van der Waals surface area (Å²) in [4.78, 5) is 2.58. The molecule has 0 aliphatic carbocycles. The molecule has 1 unspecified atom stereocenters. The Bertz CT molecular complexity index is 133. The molecule has 84 valence electrons. The zero-order valence-corrected chi connectivity index (χ0v) is 10.1. The molecular formula is C12H26N2. The van der Waals surface area contributed by atoms with Crippen LogP contribution < -0.4 is 5.32 Å². The minimum Gasteiger partial charge on any atom is -0.310 e. The van der Waals surface area contributed by atoms with E-state index in [9.17, 15) is 0 Å². The summed E-state index contributed by atoms with van der Waals surface area (Å²) in [6.45, 7) is 10.7. The van der Waals surface area contributed by atoms with Crippen molar-refractivity contribution in [3.05, 3.63) is 0 Å². The van der Waals surface area contributed by atoms with Crippen molar-refractivity contribution >= 4 is 0 Å². The average molecular weight is 198 g/mol. The van der Waals surface area contributed by atoms with Gasteiger partial charge in [0.25, 0.3) is 0 Å². The maximum Gasteiger partial charge on any atom is 0.0169 e. The Balaban J connectivity index is 2.16. The first kappa shape index (κ1) is 12.0. The molecule has 1 heterocycles. The fourth-order valence-electron chi connectivity index (χ4n) is 2.33. The number of likely N-dealkylation sites (tertiary alicyclic amines) is 1. The molecule has 1 aliphatic heterocycles. The Morgan fingerprint density at radius 1 is 1.14 bits per heavy atom. The lowest BCUT2D eigenvalue weighted by Crippen LogP contribution is -2.42. The number of rotatable bonds is 6. The van der Waals surface area contributed by atoms with Crippen LogP contribution in [0.4, 0.5) is 0 Å². The van der Waals surface area contributed by atoms with Gasteiger partial charge in [0.15, 0.2) is 0 Å². The number of hydrogen-bond donors (Lipinski definition) is 1. The Morgan fingerprint density at radius 2 is 1.71 bits per heavy atom. The molecule has 0 amide bonds. The van der Waals surface area contributed by atoms with E-state index in [-0.39, 0.29) is 0 Å². The summed E-state index contributed by atoms with van der Waals surface area (Å²) in [6, 6.07) is 1.37. The van der Waals surface area contributed by atoms with Crippen LogP contribution in [-0.2, 0) is 0 Å². The topological polar surface area (TPSA) is 15.3 Å². The van der Waals surface area contributed by atoms with E-state index in [1.165, 1.54) is 45.3 Å². The SMILES string of the molecule is CCC(CC)NC(C)CN1CCCC1. The molecule has 2 heteroatoms. The molecule has 14 heavy (non-hydrogen) atoms. The highest BCUT2D eigenvalue weighted by molar-refractivity contribution is 4.75. The Kier molecular flexibility index (Phi) is 5.49. The lowest BCUT2D eigenvalue weighted by Gasteiger charge is -2.25. The monoisotopic (exact) mass is 198 g/mol. The van der Waals surface area contributed by atoms with Crippen LogP contribution in [0, 0.1) is 0 Å². The first-order valence-corrected chi connectivity index (χ1v) is 6.24. The maximum absolute atomic E-state index is 3.70. The summed E-state index contributed by atoms with van der Waals surface area (Å²) in [6.07, 6.45) is 5.30. The van der Waals surface area contributed by atoms with Crippen LogP contribution in [0.3, 0.4) is 0 Å². The van der Waals surface area contributed by atoms with E-state index in [0.29, 0.717) is 12.1 Å². The molecule has 0 bridgehead atoms. The van der Waals surface area contributed by atoms with Crippen LogP contribution in [0.2, 0.25) is 0 Å². The van der Waals surface area contributed by atoms with E-state index in [2.05, 4.69) is 31.0 Å². The molecule has 0 radical (unpaired) electrons. The average Bonchev–Trinajstić information content (AvgIpc) is 2.66. The van der Waals surface area contributed by atoms with Gasteiger partial charge in [-0.1, -0.05) is 13.8 Å². The zero-order valence-electron chi connectivity index (χ0n) is 10.1. The fraction of sp³-hybridized carbons (Fsp3) is 1.00. The van der Waals surface area contributed by atoms with E-state index in [1.54, 1.807) is 0 Å². The molecule has 1 aliphatic rings. The summed E-state index contributed by atoms with van der Waals surface area (Å²) in [7, 11) is 0. The quantitative estimate of drug-likeness (QED) is 0.704. The van der Waals surface area contributed by atoms with E-state index >= 15 is 0 Å². The summed E-state index contributed by atoms with van der Waals surface area (Å²) in [5.41, 5.74) is 0. The van der Waals surface area contributed by atoms with Crippen LogP contribution in [0.5, 0.6) is 0 Å². The second-order valence-corrected chi connectivity index (χ2v) is 4.59. The molecule has 0 aromatic rings. The molecule has 1 fully saturated rings. The molecule has 0 spiro atoms. The van der Waals surface area contributed by atoms with Crippen molar-refractivity contribution in [3.8, 4) is 0 Å². The normalized spacial score (nSPS) is 20.6. The molecule has 0 aromatic heterocycles. The highest BCUT2D eigenvalue weighted by Gasteiger charge is 2.15. The third-order valence-electron chi connectivity index (χ3n) is 3.24. The summed E-state index contributed by atoms with van der Waals surface area (Å²) in [5, 5.41) is 3.70. The lowest BCUT2D eigenvalue weighted by atomic mass is 10.1. The first-order valence-electron chi connectivity index (χ1n) is 6.24. The number of nitrogens with zero attached hydrogens (tertiary/aromatic N) is 1. The molecule has 1 rings (SSSR count). The van der Waals surface area contributed by atoms with Gasteiger partial charge in [0.05, 0.1) is 0 Å². The van der Waals surface area contributed by atoms with E-state index < -0.39 is 0 Å². The molecular weight excluding hydrogens is 172 g/mol. The van der Waals surface area contributed by atoms with Crippen LogP contribution >= 0.6 is 0 Å². The number of hydrogen-bond acceptors (Lipinski definition) is 2. The van der Waals surface area contributed by atoms with Crippen LogP contribution in [0.25, 0.3) is 0 Å². The third-order valence-corrected chi connectivity index (χ3v) is 3.24. The van der Waals surface area contributed by atoms with Gasteiger partial charge in [-0.05, 0) is 45.7 Å². The summed E-state index contributed by atoms with van der Waals surface area (Å²) in [5.74, 6) is 0. The van der Waals surface area contributed by atoms with Gasteiger partial charge in [-0.15, -0.1) is 0 Å². The highest BCUT2D eigenvalue weighted by Crippen LogP contribution is 2.08. The van der Waals surface area contributed by atoms with Crippen molar-refractivity contribution < 1.29 is 0 Å². The Hall–Kier alpha value is -0.0800. The van der Waals surface area contributed by atoms with Gasteiger partial charge < -0.3 is 10.2 Å². The van der Waals surface area contributed by atoms with Crippen LogP contribution in [-0.4, -0.2) is 36.6 Å². The van der Waals surface area contributed by atoms with Crippen LogP contribution in [0.1, 0.15) is 46.5 Å². The second-order valence-electron chi connectivity index (χ2n) is 4.59. The van der Waals surface area contributed by atoms with Crippen LogP contribution in [0.15, 0.2) is 0 Å². The zero-order chi connectivity index (χ0) is 10.4. The standard InChI is InChI=1S/C12H26N2/c1-4-12(5-2)13-11(3)10-14-8-6-7-9-14/h11-13H,4-10H2,1-3H3. The number of nitrogens with one attached hydrogen (secondary N) is 1. The third kappa shape index (κ3) is 3.97. The highest BCUT2D eigenvalue weighted by atomic mass is 15.2. The molecule has 2 nitrogen and oxygen atoms in total. The van der Waals surface area contributed by atoms with Crippen molar-refractivity contribution in [1.82, 2.24) is 10.2 Å². The van der Waals surface area contributed by atoms with Crippen molar-refractivity contribution in [2.75, 3.05) is 19.6 Å². The fourth-order valence-corrected chi connectivity index (χ4v) is 2.33. The molecule has 0 aromatic carbocycles. The van der Waals surface area contributed by atoms with Gasteiger partial charge in [-0.2, -0.15) is 0 Å². The predicted molar refractivity (Wildman–Crippen MR) is 62.6 cm³/mol. The lowest BCUT2D eigenvalue weighted by molar-refractivity contribution is 0.282. The minimum atomic E-state index is 0.651. The predicted octanol–water partition coefficient (Wildman–Crippen LogP) is 2.25. The summed E-state index contributed by atoms with van der Waals surface area (Å²) >= 11 is 0. The van der Waals surface area contributed by atoms with Gasteiger partial charge in [-0.25, -0.2) is 0 Å². The molecule has 1 atom stereocenters. The Morgan fingerprint density at radius 3 is 2.21 bits per heavy atom. The van der Waals surface area contributed by atoms with Crippen molar-refractivity contribution in [2.45, 2.75) is 58.5 Å². The second kappa shape index (κ2) is 6.41. The van der Waals surface area contributed by atoms with Crippen molar-refractivity contribution in [2.24, 2.45) is 0 Å². The van der Waals surface area contributed by atoms with Crippen molar-refractivity contribution in [3.63, 3.8) is 0 Å². The van der Waals surface area contributed by atoms with Gasteiger partial charge in [0.2, 0.25) is 0 Å². The Labute approximate surface area is 89.1 Å². The maximum atomic E-state index is 3.70. The van der Waals surface area contributed by atoms with Gasteiger partial charge in [-0.3, -0.25) is 0 Å². The first-order chi connectivity index (χ1) is 6.76. The molecule has 0 saturated carbocycles. The van der Waals surface area contributed by atoms with E-state index in [0.717, 1.165) is 0 Å². The molecule has 1 N–H and O–H groups in total. The van der Waals surface area contributed by atoms with E-state index in [4.69, 9.17) is 0 Å². The van der Waals surface area contributed by atoms with Gasteiger partial charge in [0, 0.05) is 18.6 Å². The smallest absolute Gasteiger partial charge is 0.0169 e. The van der Waals surface area contributed by atoms with E-state index in [1.807, 2.05) is 0 Å². The summed E-state index contributed by atoms with van der Waals surface area (Å²) < 4.78 is 0. The largest absolute Gasteiger partial charge is 0.310 e. The molecule has 1 saturated heterocycles.